The number of alkyl halides is 3. The van der Waals surface area contributed by atoms with Gasteiger partial charge in [-0.2, -0.15) is 13.2 Å². The lowest BCUT2D eigenvalue weighted by molar-refractivity contribution is -0.137. The van der Waals surface area contributed by atoms with Crippen LogP contribution < -0.4 is 15.1 Å². The van der Waals surface area contributed by atoms with E-state index in [0.717, 1.165) is 49.2 Å². The van der Waals surface area contributed by atoms with Crippen molar-refractivity contribution in [1.82, 2.24) is 20.1 Å². The fourth-order valence-corrected chi connectivity index (χ4v) is 6.16. The van der Waals surface area contributed by atoms with Crippen LogP contribution >= 0.6 is 23.2 Å². The first kappa shape index (κ1) is 28.5. The van der Waals surface area contributed by atoms with E-state index in [9.17, 15) is 22.4 Å². The van der Waals surface area contributed by atoms with Crippen LogP contribution in [-0.4, -0.2) is 37.2 Å². The molecule has 0 radical (unpaired) electrons. The first-order chi connectivity index (χ1) is 19.0. The number of carbonyl (C=O) groups excluding carboxylic acids is 1. The second kappa shape index (κ2) is 11.1. The van der Waals surface area contributed by atoms with Crippen molar-refractivity contribution in [1.29, 1.82) is 0 Å². The molecule has 210 valence electrons. The Hall–Kier alpha value is -2.98. The number of carbonyl (C=O) groups is 1. The summed E-state index contributed by atoms with van der Waals surface area (Å²) in [6.07, 6.45) is 2.04. The van der Waals surface area contributed by atoms with E-state index >= 15 is 0 Å². The number of halogens is 6. The van der Waals surface area contributed by atoms with Gasteiger partial charge in [-0.05, 0) is 73.5 Å². The third kappa shape index (κ3) is 5.61. The maximum Gasteiger partial charge on any atom is 0.422 e. The molecule has 2 aromatic carbocycles. The molecule has 5 rings (SSSR count). The maximum absolute atomic E-state index is 14.9. The zero-order chi connectivity index (χ0) is 28.5. The minimum atomic E-state index is -4.43. The highest BCUT2D eigenvalue weighted by molar-refractivity contribution is 6.31. The van der Waals surface area contributed by atoms with Gasteiger partial charge in [-0.25, -0.2) is 18.7 Å². The number of urea groups is 1. The molecule has 2 N–H and O–H groups in total. The number of nitrogens with one attached hydrogen (secondary N) is 2. The Bertz CT molecular complexity index is 1440. The maximum atomic E-state index is 14.9. The average Bonchev–Trinajstić information content (AvgIpc) is 3.16. The van der Waals surface area contributed by atoms with E-state index in [1.54, 1.807) is 36.5 Å². The van der Waals surface area contributed by atoms with Crippen LogP contribution in [0.15, 0.2) is 60.8 Å². The van der Waals surface area contributed by atoms with Gasteiger partial charge in [0, 0.05) is 24.4 Å². The van der Waals surface area contributed by atoms with Gasteiger partial charge < -0.3 is 10.6 Å². The van der Waals surface area contributed by atoms with Gasteiger partial charge in [0.15, 0.2) is 0 Å². The molecule has 0 saturated carbocycles. The van der Waals surface area contributed by atoms with Crippen LogP contribution in [0.4, 0.5) is 28.0 Å². The van der Waals surface area contributed by atoms with E-state index in [1.807, 2.05) is 0 Å². The molecule has 1 atom stereocenters. The molecule has 0 bridgehead atoms. The molecule has 5 nitrogen and oxygen atoms in total. The Labute approximate surface area is 239 Å². The van der Waals surface area contributed by atoms with Crippen LogP contribution in [0.25, 0.3) is 6.08 Å². The fourth-order valence-electron chi connectivity index (χ4n) is 5.80. The molecule has 1 aromatic heterocycles. The third-order valence-electron chi connectivity index (χ3n) is 7.79. The molecule has 1 saturated heterocycles. The lowest BCUT2D eigenvalue weighted by Crippen LogP contribution is -2.60. The van der Waals surface area contributed by atoms with Crippen molar-refractivity contribution >= 4 is 41.0 Å². The van der Waals surface area contributed by atoms with Crippen LogP contribution in [0.5, 0.6) is 0 Å². The normalized spacial score (nSPS) is 20.1. The smallest absolute Gasteiger partial charge is 0.317 e. The Morgan fingerprint density at radius 2 is 1.82 bits per heavy atom. The summed E-state index contributed by atoms with van der Waals surface area (Å²) in [6.45, 7) is 2.22. The van der Waals surface area contributed by atoms with Gasteiger partial charge in [0.2, 0.25) is 0 Å². The summed E-state index contributed by atoms with van der Waals surface area (Å²) >= 11 is 12.3. The van der Waals surface area contributed by atoms with Crippen molar-refractivity contribution in [3.05, 3.63) is 99.1 Å². The quantitative estimate of drug-likeness (QED) is 0.188. The van der Waals surface area contributed by atoms with E-state index in [-0.39, 0.29) is 28.6 Å². The zero-order valence-electron chi connectivity index (χ0n) is 21.4. The number of piperidine rings is 1. The molecule has 2 aliphatic rings. The first-order valence-electron chi connectivity index (χ1n) is 12.8. The van der Waals surface area contributed by atoms with Gasteiger partial charge >= 0.3 is 12.2 Å². The average molecular weight is 594 g/mol. The van der Waals surface area contributed by atoms with Crippen LogP contribution in [0.1, 0.15) is 35.1 Å². The van der Waals surface area contributed by atoms with Crippen molar-refractivity contribution < 1.29 is 22.4 Å². The molecule has 2 aliphatic heterocycles. The summed E-state index contributed by atoms with van der Waals surface area (Å²) in [7, 11) is 0. The lowest BCUT2D eigenvalue weighted by Gasteiger charge is -2.36. The molecule has 0 aliphatic carbocycles. The number of benzene rings is 2. The van der Waals surface area contributed by atoms with E-state index in [1.165, 1.54) is 18.2 Å². The van der Waals surface area contributed by atoms with Crippen molar-refractivity contribution in [2.24, 2.45) is 0 Å². The van der Waals surface area contributed by atoms with Crippen LogP contribution in [0, 0.1) is 5.82 Å². The Morgan fingerprint density at radius 1 is 1.10 bits per heavy atom. The Morgan fingerprint density at radius 3 is 2.50 bits per heavy atom. The van der Waals surface area contributed by atoms with E-state index in [4.69, 9.17) is 23.2 Å². The molecule has 40 heavy (non-hydrogen) atoms. The number of fused-ring (bicyclic) bond motifs is 2. The van der Waals surface area contributed by atoms with Gasteiger partial charge in [-0.15, -0.1) is 0 Å². The molecule has 1 fully saturated rings. The van der Waals surface area contributed by atoms with Crippen molar-refractivity contribution in [3.63, 3.8) is 0 Å². The van der Waals surface area contributed by atoms with E-state index < -0.39 is 23.0 Å². The highest BCUT2D eigenvalue weighted by Crippen LogP contribution is 2.51. The largest absolute Gasteiger partial charge is 0.422 e. The standard InChI is InChI=1S/C29H26Cl2F4N4O/c30-23-15-22-25(16-24(23)32)39(18-28(22)8-11-36-12-9-28,27(40)38-17-20-7-10-37-26(31)14-20)13-1-2-19-3-5-21(6-4-19)29(33,34)35/h1-7,10,14-16,36H,8-9,11-13,17-18H2/p+1/b2-1+. The van der Waals surface area contributed by atoms with Gasteiger partial charge in [-0.1, -0.05) is 41.4 Å². The highest BCUT2D eigenvalue weighted by Gasteiger charge is 2.57. The summed E-state index contributed by atoms with van der Waals surface area (Å²) in [5, 5.41) is 6.65. The van der Waals surface area contributed by atoms with Crippen molar-refractivity contribution in [3.8, 4) is 0 Å². The second-order valence-electron chi connectivity index (χ2n) is 10.3. The molecular weight excluding hydrogens is 567 g/mol. The summed E-state index contributed by atoms with van der Waals surface area (Å²) in [4.78, 5) is 18.1. The predicted molar refractivity (Wildman–Crippen MR) is 149 cm³/mol. The molecule has 2 amide bonds. The highest BCUT2D eigenvalue weighted by atomic mass is 35.5. The number of nitrogens with zero attached hydrogens (tertiary/aromatic N) is 2. The number of pyridine rings is 1. The Balaban J connectivity index is 1.51. The topological polar surface area (TPSA) is 54.0 Å². The number of amides is 2. The minimum absolute atomic E-state index is 0.00351. The monoisotopic (exact) mass is 593 g/mol. The lowest BCUT2D eigenvalue weighted by atomic mass is 9.75. The summed E-state index contributed by atoms with van der Waals surface area (Å²) in [6, 6.07) is 10.9. The summed E-state index contributed by atoms with van der Waals surface area (Å²) < 4.78 is 53.7. The van der Waals surface area contributed by atoms with Gasteiger partial charge in [0.25, 0.3) is 0 Å². The van der Waals surface area contributed by atoms with Crippen LogP contribution in [0.2, 0.25) is 10.2 Å². The van der Waals surface area contributed by atoms with Gasteiger partial charge in [-0.3, -0.25) is 0 Å². The van der Waals surface area contributed by atoms with Crippen molar-refractivity contribution in [2.45, 2.75) is 31.0 Å². The minimum Gasteiger partial charge on any atom is -0.317 e. The fraction of sp³-hybridized carbons (Fsp3) is 0.310. The Kier molecular flexibility index (Phi) is 7.94. The van der Waals surface area contributed by atoms with Crippen LogP contribution in [-0.2, 0) is 18.1 Å². The number of hydrogen-bond donors (Lipinski definition) is 2. The molecular formula is C29H27Cl2F4N4O+. The number of hydrogen-bond acceptors (Lipinski definition) is 3. The van der Waals surface area contributed by atoms with Crippen LogP contribution in [0.3, 0.4) is 0 Å². The summed E-state index contributed by atoms with van der Waals surface area (Å²) in [5.41, 5.74) is 1.56. The predicted octanol–water partition coefficient (Wildman–Crippen LogP) is 7.11. The number of rotatable bonds is 5. The molecule has 3 aromatic rings. The number of aromatic nitrogens is 1. The van der Waals surface area contributed by atoms with Gasteiger partial charge in [0.05, 0.1) is 16.0 Å². The van der Waals surface area contributed by atoms with E-state index in [0.29, 0.717) is 22.9 Å². The molecule has 1 spiro atoms. The van der Waals surface area contributed by atoms with E-state index in [2.05, 4.69) is 15.6 Å². The number of quaternary nitrogens is 1. The third-order valence-corrected chi connectivity index (χ3v) is 8.29. The summed E-state index contributed by atoms with van der Waals surface area (Å²) in [5.74, 6) is -0.616. The molecule has 11 heteroatoms. The first-order valence-corrected chi connectivity index (χ1v) is 13.6. The SMILES string of the molecule is O=C(NCc1ccnc(Cl)c1)[N+]1(C/C=C/c2ccc(C(F)(F)F)cc2)CC2(CCNCC2)c2cc(Cl)c(F)cc21. The van der Waals surface area contributed by atoms with Gasteiger partial charge in [0.1, 0.15) is 29.7 Å². The van der Waals surface area contributed by atoms with Crippen molar-refractivity contribution in [2.75, 3.05) is 26.2 Å². The molecule has 1 unspecified atom stereocenters. The second-order valence-corrected chi connectivity index (χ2v) is 11.1. The molecule has 3 heterocycles. The zero-order valence-corrected chi connectivity index (χ0v) is 22.9.